The van der Waals surface area contributed by atoms with Crippen LogP contribution in [0.1, 0.15) is 39.6 Å². The lowest BCUT2D eigenvalue weighted by Crippen LogP contribution is -2.21. The highest BCUT2D eigenvalue weighted by atomic mass is 16.5. The summed E-state index contributed by atoms with van der Waals surface area (Å²) in [6.07, 6.45) is 1.68. The normalized spacial score (nSPS) is 10.1. The van der Waals surface area contributed by atoms with Crippen LogP contribution in [0.25, 0.3) is 0 Å². The second-order valence-electron chi connectivity index (χ2n) is 6.01. The number of hydrogen-bond donors (Lipinski definition) is 1. The SMILES string of the molecule is COC(=O)c1ccc(OCC(=O)c2ccc(CCCNC(C)=O)cc2)cc1. The van der Waals surface area contributed by atoms with Gasteiger partial charge < -0.3 is 14.8 Å². The quantitative estimate of drug-likeness (QED) is 0.418. The zero-order valence-electron chi connectivity index (χ0n) is 15.5. The molecule has 142 valence electrons. The van der Waals surface area contributed by atoms with Crippen molar-refractivity contribution >= 4 is 17.7 Å². The Balaban J connectivity index is 1.81. The second kappa shape index (κ2) is 10.1. The molecule has 0 aliphatic heterocycles. The van der Waals surface area contributed by atoms with Gasteiger partial charge in [-0.05, 0) is 42.7 Å². The molecule has 0 heterocycles. The van der Waals surface area contributed by atoms with Crippen LogP contribution in [0.4, 0.5) is 0 Å². The molecule has 2 aromatic carbocycles. The molecule has 0 atom stereocenters. The Morgan fingerprint density at radius 3 is 2.15 bits per heavy atom. The van der Waals surface area contributed by atoms with Crippen LogP contribution in [-0.4, -0.2) is 37.9 Å². The van der Waals surface area contributed by atoms with Crippen LogP contribution in [0.2, 0.25) is 0 Å². The first-order valence-corrected chi connectivity index (χ1v) is 8.67. The topological polar surface area (TPSA) is 81.7 Å². The maximum absolute atomic E-state index is 12.2. The first-order chi connectivity index (χ1) is 13.0. The number of esters is 1. The van der Waals surface area contributed by atoms with E-state index in [1.54, 1.807) is 36.4 Å². The summed E-state index contributed by atoms with van der Waals surface area (Å²) in [5.41, 5.74) is 2.10. The van der Waals surface area contributed by atoms with E-state index in [4.69, 9.17) is 4.74 Å². The van der Waals surface area contributed by atoms with E-state index in [0.717, 1.165) is 18.4 Å². The third-order valence-corrected chi connectivity index (χ3v) is 3.94. The minimum Gasteiger partial charge on any atom is -0.485 e. The Bertz CT molecular complexity index is 781. The van der Waals surface area contributed by atoms with Crippen molar-refractivity contribution in [1.29, 1.82) is 0 Å². The lowest BCUT2D eigenvalue weighted by atomic mass is 10.1. The Labute approximate surface area is 158 Å². The van der Waals surface area contributed by atoms with E-state index in [0.29, 0.717) is 23.4 Å². The fourth-order valence-corrected chi connectivity index (χ4v) is 2.45. The largest absolute Gasteiger partial charge is 0.485 e. The molecule has 27 heavy (non-hydrogen) atoms. The molecule has 0 saturated heterocycles. The van der Waals surface area contributed by atoms with Gasteiger partial charge in [0.05, 0.1) is 12.7 Å². The first-order valence-electron chi connectivity index (χ1n) is 8.67. The van der Waals surface area contributed by atoms with E-state index in [1.807, 2.05) is 12.1 Å². The van der Waals surface area contributed by atoms with E-state index < -0.39 is 5.97 Å². The summed E-state index contributed by atoms with van der Waals surface area (Å²) in [7, 11) is 1.32. The lowest BCUT2D eigenvalue weighted by Gasteiger charge is -2.07. The average Bonchev–Trinajstić information content (AvgIpc) is 2.69. The molecule has 0 spiro atoms. The third-order valence-electron chi connectivity index (χ3n) is 3.94. The second-order valence-corrected chi connectivity index (χ2v) is 6.01. The van der Waals surface area contributed by atoms with Gasteiger partial charge in [-0.25, -0.2) is 4.79 Å². The Morgan fingerprint density at radius 1 is 0.926 bits per heavy atom. The average molecular weight is 369 g/mol. The third kappa shape index (κ3) is 6.58. The van der Waals surface area contributed by atoms with Gasteiger partial charge in [-0.15, -0.1) is 0 Å². The smallest absolute Gasteiger partial charge is 0.337 e. The summed E-state index contributed by atoms with van der Waals surface area (Å²) < 4.78 is 10.1. The van der Waals surface area contributed by atoms with Gasteiger partial charge >= 0.3 is 5.97 Å². The zero-order chi connectivity index (χ0) is 19.6. The van der Waals surface area contributed by atoms with Crippen LogP contribution >= 0.6 is 0 Å². The van der Waals surface area contributed by atoms with E-state index in [9.17, 15) is 14.4 Å². The molecule has 2 rings (SSSR count). The van der Waals surface area contributed by atoms with Crippen LogP contribution in [-0.2, 0) is 16.0 Å². The Hall–Kier alpha value is -3.15. The number of ether oxygens (including phenoxy) is 2. The predicted octanol–water partition coefficient (Wildman–Crippen LogP) is 2.80. The van der Waals surface area contributed by atoms with Gasteiger partial charge in [0.15, 0.2) is 12.4 Å². The minimum absolute atomic E-state index is 0.0316. The summed E-state index contributed by atoms with van der Waals surface area (Å²) in [4.78, 5) is 34.4. The number of methoxy groups -OCH3 is 1. The van der Waals surface area contributed by atoms with Crippen molar-refractivity contribution in [3.05, 3.63) is 65.2 Å². The zero-order valence-corrected chi connectivity index (χ0v) is 15.5. The monoisotopic (exact) mass is 369 g/mol. The molecule has 1 N–H and O–H groups in total. The van der Waals surface area contributed by atoms with E-state index in [2.05, 4.69) is 10.1 Å². The molecule has 0 saturated carbocycles. The number of carbonyl (C=O) groups is 3. The molecule has 6 nitrogen and oxygen atoms in total. The number of Topliss-reactive ketones (excluding diaryl/α,β-unsaturated/α-hetero) is 1. The number of carbonyl (C=O) groups excluding carboxylic acids is 3. The number of nitrogens with one attached hydrogen (secondary N) is 1. The van der Waals surface area contributed by atoms with Crippen molar-refractivity contribution in [1.82, 2.24) is 5.32 Å². The number of rotatable bonds is 9. The van der Waals surface area contributed by atoms with Gasteiger partial charge in [0.2, 0.25) is 5.91 Å². The van der Waals surface area contributed by atoms with Crippen molar-refractivity contribution in [2.45, 2.75) is 19.8 Å². The molecule has 6 heteroatoms. The van der Waals surface area contributed by atoms with Crippen molar-refractivity contribution in [3.8, 4) is 5.75 Å². The van der Waals surface area contributed by atoms with Gasteiger partial charge in [0, 0.05) is 19.0 Å². The Kier molecular flexibility index (Phi) is 7.55. The van der Waals surface area contributed by atoms with Gasteiger partial charge in [-0.1, -0.05) is 24.3 Å². The lowest BCUT2D eigenvalue weighted by molar-refractivity contribution is -0.118. The standard InChI is InChI=1S/C21H23NO5/c1-15(23)22-13-3-4-16-5-7-17(8-6-16)20(24)14-27-19-11-9-18(10-12-19)21(25)26-2/h5-12H,3-4,13-14H2,1-2H3,(H,22,23). The van der Waals surface area contributed by atoms with Crippen LogP contribution in [0.3, 0.4) is 0 Å². The van der Waals surface area contributed by atoms with Crippen LogP contribution < -0.4 is 10.1 Å². The van der Waals surface area contributed by atoms with E-state index in [1.165, 1.54) is 14.0 Å². The van der Waals surface area contributed by atoms with Crippen LogP contribution in [0, 0.1) is 0 Å². The number of benzene rings is 2. The van der Waals surface area contributed by atoms with Gasteiger partial charge in [0.25, 0.3) is 0 Å². The molecular formula is C21H23NO5. The molecule has 0 unspecified atom stereocenters. The molecule has 0 radical (unpaired) electrons. The number of ketones is 1. The van der Waals surface area contributed by atoms with Crippen LogP contribution in [0.5, 0.6) is 5.75 Å². The van der Waals surface area contributed by atoms with Gasteiger partial charge in [0.1, 0.15) is 5.75 Å². The fraction of sp³-hybridized carbons (Fsp3) is 0.286. The number of aryl methyl sites for hydroxylation is 1. The molecule has 0 aliphatic carbocycles. The summed E-state index contributed by atoms with van der Waals surface area (Å²) >= 11 is 0. The van der Waals surface area contributed by atoms with E-state index >= 15 is 0 Å². The van der Waals surface area contributed by atoms with Crippen molar-refractivity contribution in [2.75, 3.05) is 20.3 Å². The molecule has 2 aromatic rings. The maximum atomic E-state index is 12.2. The molecular weight excluding hydrogens is 346 g/mol. The van der Waals surface area contributed by atoms with Crippen molar-refractivity contribution in [2.24, 2.45) is 0 Å². The number of amides is 1. The molecule has 0 bridgehead atoms. The van der Waals surface area contributed by atoms with Crippen LogP contribution in [0.15, 0.2) is 48.5 Å². The summed E-state index contributed by atoms with van der Waals surface area (Å²) in [5.74, 6) is -0.0758. The summed E-state index contributed by atoms with van der Waals surface area (Å²) in [6, 6.07) is 13.8. The number of hydrogen-bond acceptors (Lipinski definition) is 5. The van der Waals surface area contributed by atoms with Gasteiger partial charge in [-0.2, -0.15) is 0 Å². The highest BCUT2D eigenvalue weighted by Gasteiger charge is 2.09. The molecule has 1 amide bonds. The predicted molar refractivity (Wildman–Crippen MR) is 101 cm³/mol. The minimum atomic E-state index is -0.421. The van der Waals surface area contributed by atoms with Gasteiger partial charge in [-0.3, -0.25) is 9.59 Å². The highest BCUT2D eigenvalue weighted by Crippen LogP contribution is 2.14. The molecule has 0 aliphatic rings. The Morgan fingerprint density at radius 2 is 1.56 bits per heavy atom. The summed E-state index contributed by atoms with van der Waals surface area (Å²) in [6.45, 7) is 2.05. The fourth-order valence-electron chi connectivity index (χ4n) is 2.45. The van der Waals surface area contributed by atoms with E-state index in [-0.39, 0.29) is 18.3 Å². The first kappa shape index (κ1) is 20.2. The molecule has 0 aromatic heterocycles. The maximum Gasteiger partial charge on any atom is 0.337 e. The van der Waals surface area contributed by atoms with Crippen molar-refractivity contribution < 1.29 is 23.9 Å². The summed E-state index contributed by atoms with van der Waals surface area (Å²) in [5, 5.41) is 2.76. The van der Waals surface area contributed by atoms with Crippen molar-refractivity contribution in [3.63, 3.8) is 0 Å². The highest BCUT2D eigenvalue weighted by molar-refractivity contribution is 5.97. The molecule has 0 fully saturated rings.